The highest BCUT2D eigenvalue weighted by Gasteiger charge is 2.25. The zero-order valence-corrected chi connectivity index (χ0v) is 13.1. The molecule has 4 nitrogen and oxygen atoms in total. The van der Waals surface area contributed by atoms with Crippen LogP contribution in [0.3, 0.4) is 0 Å². The summed E-state index contributed by atoms with van der Waals surface area (Å²) in [6, 6.07) is 3.96. The van der Waals surface area contributed by atoms with Gasteiger partial charge in [0, 0.05) is 36.8 Å². The van der Waals surface area contributed by atoms with Crippen LogP contribution in [0.4, 0.5) is 0 Å². The molecule has 0 N–H and O–H groups in total. The Morgan fingerprint density at radius 1 is 1.47 bits per heavy atom. The second-order valence-electron chi connectivity index (χ2n) is 4.94. The summed E-state index contributed by atoms with van der Waals surface area (Å²) in [5.41, 5.74) is 0.517. The van der Waals surface area contributed by atoms with E-state index < -0.39 is 0 Å². The molecule has 0 radical (unpaired) electrons. The Bertz CT molecular complexity index is 427. The van der Waals surface area contributed by atoms with E-state index in [1.807, 2.05) is 18.0 Å². The van der Waals surface area contributed by atoms with Crippen LogP contribution in [0, 0.1) is 0 Å². The first-order valence-corrected chi connectivity index (χ1v) is 7.52. The lowest BCUT2D eigenvalue weighted by atomic mass is 10.0. The van der Waals surface area contributed by atoms with Crippen LogP contribution < -0.4 is 0 Å². The van der Waals surface area contributed by atoms with E-state index in [0.717, 1.165) is 36.9 Å². The van der Waals surface area contributed by atoms with Gasteiger partial charge in [0.15, 0.2) is 0 Å². The zero-order valence-electron chi connectivity index (χ0n) is 11.5. The lowest BCUT2D eigenvalue weighted by molar-refractivity contribution is 0.0641. The van der Waals surface area contributed by atoms with E-state index in [-0.39, 0.29) is 5.91 Å². The minimum atomic E-state index is 0.0162. The molecule has 0 saturated carbocycles. The molecule has 1 saturated heterocycles. The van der Waals surface area contributed by atoms with Gasteiger partial charge in [0.05, 0.1) is 0 Å². The molecule has 1 fully saturated rings. The quantitative estimate of drug-likeness (QED) is 0.856. The van der Waals surface area contributed by atoms with Crippen LogP contribution >= 0.6 is 15.9 Å². The van der Waals surface area contributed by atoms with Gasteiger partial charge >= 0.3 is 0 Å². The number of piperidine rings is 1. The van der Waals surface area contributed by atoms with Crippen LogP contribution in [0.2, 0.25) is 0 Å². The Hall–Kier alpha value is -0.940. The van der Waals surface area contributed by atoms with Crippen LogP contribution in [-0.4, -0.2) is 53.4 Å². The fourth-order valence-corrected chi connectivity index (χ4v) is 2.71. The largest absolute Gasteiger partial charge is 0.337 e. The van der Waals surface area contributed by atoms with Crippen molar-refractivity contribution >= 4 is 21.8 Å². The number of nitrogens with zero attached hydrogens (tertiary/aromatic N) is 3. The van der Waals surface area contributed by atoms with Gasteiger partial charge in [0.2, 0.25) is 0 Å². The Kier molecular flexibility index (Phi) is 4.93. The van der Waals surface area contributed by atoms with Crippen molar-refractivity contribution in [1.29, 1.82) is 0 Å². The molecular formula is C14H20BrN3O. The predicted molar refractivity (Wildman–Crippen MR) is 79.2 cm³/mol. The van der Waals surface area contributed by atoms with Crippen LogP contribution in [0.25, 0.3) is 0 Å². The Labute approximate surface area is 122 Å². The molecule has 0 spiro atoms. The molecule has 1 aliphatic rings. The first-order chi connectivity index (χ1) is 9.11. The number of aromatic nitrogens is 1. The average molecular weight is 326 g/mol. The van der Waals surface area contributed by atoms with Crippen LogP contribution in [0.5, 0.6) is 0 Å². The van der Waals surface area contributed by atoms with Gasteiger partial charge in [-0.25, -0.2) is 4.98 Å². The van der Waals surface area contributed by atoms with E-state index in [0.29, 0.717) is 11.7 Å². The van der Waals surface area contributed by atoms with Gasteiger partial charge in [0.25, 0.3) is 5.91 Å². The number of halogens is 1. The zero-order chi connectivity index (χ0) is 13.8. The molecule has 1 amide bonds. The van der Waals surface area contributed by atoms with E-state index in [4.69, 9.17) is 0 Å². The predicted octanol–water partition coefficient (Wildman–Crippen LogP) is 2.40. The molecule has 1 aliphatic heterocycles. The number of carbonyl (C=O) groups excluding carboxylic acids is 1. The molecule has 0 unspecified atom stereocenters. The molecule has 1 aromatic heterocycles. The number of rotatable bonds is 3. The molecule has 0 aromatic carbocycles. The summed E-state index contributed by atoms with van der Waals surface area (Å²) in [4.78, 5) is 20.8. The SMILES string of the molecule is CCN1CCC(N(C)C(=O)c2ccc(Br)cn2)CC1. The summed E-state index contributed by atoms with van der Waals surface area (Å²) in [5, 5.41) is 0. The van der Waals surface area contributed by atoms with E-state index in [9.17, 15) is 4.79 Å². The second kappa shape index (κ2) is 6.48. The molecule has 104 valence electrons. The number of hydrogen-bond donors (Lipinski definition) is 0. The lowest BCUT2D eigenvalue weighted by Crippen LogP contribution is -2.45. The van der Waals surface area contributed by atoms with Crippen molar-refractivity contribution in [2.45, 2.75) is 25.8 Å². The normalized spacial score (nSPS) is 17.4. The van der Waals surface area contributed by atoms with Crippen LogP contribution in [-0.2, 0) is 0 Å². The number of amides is 1. The van der Waals surface area contributed by atoms with Crippen LogP contribution in [0.1, 0.15) is 30.3 Å². The van der Waals surface area contributed by atoms with E-state index in [2.05, 4.69) is 32.7 Å². The lowest BCUT2D eigenvalue weighted by Gasteiger charge is -2.36. The molecule has 0 atom stereocenters. The summed E-state index contributed by atoms with van der Waals surface area (Å²) in [6.07, 6.45) is 3.76. The van der Waals surface area contributed by atoms with E-state index in [1.165, 1.54) is 0 Å². The van der Waals surface area contributed by atoms with Crippen molar-refractivity contribution in [1.82, 2.24) is 14.8 Å². The number of carbonyl (C=O) groups is 1. The van der Waals surface area contributed by atoms with Crippen molar-refractivity contribution in [3.63, 3.8) is 0 Å². The summed E-state index contributed by atoms with van der Waals surface area (Å²) in [6.45, 7) is 5.43. The van der Waals surface area contributed by atoms with Gasteiger partial charge in [-0.15, -0.1) is 0 Å². The van der Waals surface area contributed by atoms with Crippen molar-refractivity contribution in [2.75, 3.05) is 26.7 Å². The average Bonchev–Trinajstić information content (AvgIpc) is 2.46. The third-order valence-corrected chi connectivity index (χ3v) is 4.29. The highest BCUT2D eigenvalue weighted by Crippen LogP contribution is 2.17. The second-order valence-corrected chi connectivity index (χ2v) is 5.86. The highest BCUT2D eigenvalue weighted by molar-refractivity contribution is 9.10. The molecule has 0 bridgehead atoms. The standard InChI is InChI=1S/C14H20BrN3O/c1-3-18-8-6-12(7-9-18)17(2)14(19)13-5-4-11(15)10-16-13/h4-5,10,12H,3,6-9H2,1-2H3. The first-order valence-electron chi connectivity index (χ1n) is 6.73. The van der Waals surface area contributed by atoms with Crippen molar-refractivity contribution in [3.8, 4) is 0 Å². The summed E-state index contributed by atoms with van der Waals surface area (Å²) in [7, 11) is 1.89. The van der Waals surface area contributed by atoms with Crippen molar-refractivity contribution in [2.24, 2.45) is 0 Å². The van der Waals surface area contributed by atoms with E-state index in [1.54, 1.807) is 12.3 Å². The number of likely N-dealkylation sites (tertiary alicyclic amines) is 1. The van der Waals surface area contributed by atoms with Gasteiger partial charge in [-0.2, -0.15) is 0 Å². The fraction of sp³-hybridized carbons (Fsp3) is 0.571. The van der Waals surface area contributed by atoms with Gasteiger partial charge < -0.3 is 9.80 Å². The van der Waals surface area contributed by atoms with Gasteiger partial charge in [0.1, 0.15) is 5.69 Å². The summed E-state index contributed by atoms with van der Waals surface area (Å²) >= 11 is 3.33. The van der Waals surface area contributed by atoms with Gasteiger partial charge in [-0.05, 0) is 47.4 Å². The number of pyridine rings is 1. The maximum atomic E-state index is 12.3. The summed E-state index contributed by atoms with van der Waals surface area (Å²) < 4.78 is 0.892. The van der Waals surface area contributed by atoms with E-state index >= 15 is 0 Å². The maximum Gasteiger partial charge on any atom is 0.272 e. The summed E-state index contributed by atoms with van der Waals surface area (Å²) in [5.74, 6) is 0.0162. The molecule has 5 heteroatoms. The third kappa shape index (κ3) is 3.54. The van der Waals surface area contributed by atoms with Crippen LogP contribution in [0.15, 0.2) is 22.8 Å². The third-order valence-electron chi connectivity index (χ3n) is 3.82. The minimum absolute atomic E-state index is 0.0162. The molecule has 19 heavy (non-hydrogen) atoms. The Morgan fingerprint density at radius 2 is 2.16 bits per heavy atom. The highest BCUT2D eigenvalue weighted by atomic mass is 79.9. The monoisotopic (exact) mass is 325 g/mol. The molecule has 2 heterocycles. The molecule has 2 rings (SSSR count). The molecular weight excluding hydrogens is 306 g/mol. The Morgan fingerprint density at radius 3 is 2.68 bits per heavy atom. The Balaban J connectivity index is 1.98. The fourth-order valence-electron chi connectivity index (χ4n) is 2.47. The van der Waals surface area contributed by atoms with Crippen molar-refractivity contribution < 1.29 is 4.79 Å². The van der Waals surface area contributed by atoms with Gasteiger partial charge in [-0.1, -0.05) is 6.92 Å². The number of hydrogen-bond acceptors (Lipinski definition) is 3. The minimum Gasteiger partial charge on any atom is -0.337 e. The first kappa shape index (κ1) is 14.5. The maximum absolute atomic E-state index is 12.3. The topological polar surface area (TPSA) is 36.4 Å². The molecule has 1 aromatic rings. The molecule has 0 aliphatic carbocycles. The van der Waals surface area contributed by atoms with Crippen molar-refractivity contribution in [3.05, 3.63) is 28.5 Å². The van der Waals surface area contributed by atoms with Gasteiger partial charge in [-0.3, -0.25) is 4.79 Å². The smallest absolute Gasteiger partial charge is 0.272 e.